The van der Waals surface area contributed by atoms with Gasteiger partial charge in [0.1, 0.15) is 0 Å². The van der Waals surface area contributed by atoms with E-state index in [0.29, 0.717) is 16.6 Å². The predicted octanol–water partition coefficient (Wildman–Crippen LogP) is 2.43. The summed E-state index contributed by atoms with van der Waals surface area (Å²) in [5.74, 6) is 2.30. The fourth-order valence-corrected chi connectivity index (χ4v) is 1.51. The zero-order valence-corrected chi connectivity index (χ0v) is 9.90. The molecule has 0 aliphatic heterocycles. The molecule has 2 N–H and O–H groups in total. The van der Waals surface area contributed by atoms with Gasteiger partial charge in [0.25, 0.3) is 0 Å². The summed E-state index contributed by atoms with van der Waals surface area (Å²) in [6.45, 7) is 0.520. The van der Waals surface area contributed by atoms with Crippen LogP contribution in [0.25, 0.3) is 0 Å². The molecule has 0 aromatic heterocycles. The van der Waals surface area contributed by atoms with E-state index in [4.69, 9.17) is 29.6 Å². The first-order valence-corrected chi connectivity index (χ1v) is 5.28. The number of benzene rings is 1. The fraction of sp³-hybridized carbons (Fsp3) is 0.182. The number of hydrogen-bond donors (Lipinski definition) is 2. The van der Waals surface area contributed by atoms with Crippen LogP contribution in [0, 0.1) is 12.3 Å². The van der Waals surface area contributed by atoms with Crippen molar-refractivity contribution in [3.8, 4) is 12.3 Å². The van der Waals surface area contributed by atoms with Crippen LogP contribution in [0.3, 0.4) is 0 Å². The summed E-state index contributed by atoms with van der Waals surface area (Å²) in [6.07, 6.45) is 5.00. The molecule has 0 unspecified atom stereocenters. The molecular formula is C11H10Cl2N2O. The van der Waals surface area contributed by atoms with E-state index in [1.54, 1.807) is 18.2 Å². The van der Waals surface area contributed by atoms with Gasteiger partial charge in [-0.3, -0.25) is 0 Å². The van der Waals surface area contributed by atoms with Gasteiger partial charge < -0.3 is 10.6 Å². The van der Waals surface area contributed by atoms with E-state index in [9.17, 15) is 4.79 Å². The van der Waals surface area contributed by atoms with Crippen molar-refractivity contribution in [2.75, 3.05) is 6.54 Å². The van der Waals surface area contributed by atoms with E-state index in [1.165, 1.54) is 0 Å². The van der Waals surface area contributed by atoms with Crippen LogP contribution in [0.5, 0.6) is 0 Å². The zero-order valence-electron chi connectivity index (χ0n) is 8.39. The Morgan fingerprint density at radius 1 is 1.38 bits per heavy atom. The lowest BCUT2D eigenvalue weighted by Gasteiger charge is -2.07. The Labute approximate surface area is 104 Å². The molecule has 3 nitrogen and oxygen atoms in total. The van der Waals surface area contributed by atoms with E-state index < -0.39 is 0 Å². The molecule has 0 atom stereocenters. The third kappa shape index (κ3) is 4.01. The Morgan fingerprint density at radius 3 is 2.75 bits per heavy atom. The second-order valence-electron chi connectivity index (χ2n) is 2.98. The summed E-state index contributed by atoms with van der Waals surface area (Å²) in [7, 11) is 0. The minimum absolute atomic E-state index is 0.195. The molecule has 0 heterocycles. The van der Waals surface area contributed by atoms with Crippen molar-refractivity contribution < 1.29 is 4.79 Å². The molecule has 0 spiro atoms. The maximum atomic E-state index is 11.2. The van der Waals surface area contributed by atoms with Crippen molar-refractivity contribution in [1.82, 2.24) is 10.6 Å². The number of amides is 2. The standard InChI is InChI=1S/C11H10Cl2N2O/c1-2-5-14-11(16)15-7-8-3-4-9(12)6-10(8)13/h1,3-4,6H,5,7H2,(H2,14,15,16). The molecule has 0 bridgehead atoms. The molecule has 2 amide bonds. The van der Waals surface area contributed by atoms with Crippen molar-refractivity contribution in [2.45, 2.75) is 6.54 Å². The first-order valence-electron chi connectivity index (χ1n) is 4.52. The van der Waals surface area contributed by atoms with Crippen molar-refractivity contribution in [3.05, 3.63) is 33.8 Å². The Hall–Kier alpha value is -1.37. The summed E-state index contributed by atoms with van der Waals surface area (Å²) in [6, 6.07) is 4.76. The van der Waals surface area contributed by atoms with Gasteiger partial charge in [0, 0.05) is 16.6 Å². The lowest BCUT2D eigenvalue weighted by molar-refractivity contribution is 0.241. The van der Waals surface area contributed by atoms with Gasteiger partial charge in [0.2, 0.25) is 0 Å². The Kier molecular flexibility index (Phi) is 4.97. The average molecular weight is 257 g/mol. The molecule has 0 radical (unpaired) electrons. The van der Waals surface area contributed by atoms with Crippen LogP contribution in [-0.4, -0.2) is 12.6 Å². The Bertz CT molecular complexity index is 426. The number of nitrogens with one attached hydrogen (secondary N) is 2. The van der Waals surface area contributed by atoms with E-state index in [-0.39, 0.29) is 12.6 Å². The maximum Gasteiger partial charge on any atom is 0.315 e. The molecular weight excluding hydrogens is 247 g/mol. The van der Waals surface area contributed by atoms with Gasteiger partial charge in [-0.2, -0.15) is 0 Å². The van der Waals surface area contributed by atoms with Gasteiger partial charge >= 0.3 is 6.03 Å². The van der Waals surface area contributed by atoms with Crippen LogP contribution in [0.2, 0.25) is 10.0 Å². The van der Waals surface area contributed by atoms with Crippen molar-refractivity contribution >= 4 is 29.2 Å². The highest BCUT2D eigenvalue weighted by atomic mass is 35.5. The molecule has 1 aromatic carbocycles. The normalized spacial score (nSPS) is 9.31. The smallest absolute Gasteiger partial charge is 0.315 e. The van der Waals surface area contributed by atoms with Crippen LogP contribution in [0.1, 0.15) is 5.56 Å². The molecule has 0 aliphatic rings. The van der Waals surface area contributed by atoms with Crippen LogP contribution in [0.15, 0.2) is 18.2 Å². The summed E-state index contributed by atoms with van der Waals surface area (Å²) in [5, 5.41) is 6.18. The average Bonchev–Trinajstić information content (AvgIpc) is 2.25. The molecule has 1 aromatic rings. The van der Waals surface area contributed by atoms with Crippen LogP contribution in [0.4, 0.5) is 4.79 Å². The van der Waals surface area contributed by atoms with Gasteiger partial charge in [-0.15, -0.1) is 6.42 Å². The molecule has 5 heteroatoms. The number of carbonyl (C=O) groups excluding carboxylic acids is 1. The van der Waals surface area contributed by atoms with Gasteiger partial charge in [-0.05, 0) is 17.7 Å². The number of terminal acetylenes is 1. The van der Waals surface area contributed by atoms with E-state index >= 15 is 0 Å². The van der Waals surface area contributed by atoms with Gasteiger partial charge in [-0.25, -0.2) is 4.79 Å². The summed E-state index contributed by atoms with van der Waals surface area (Å²) in [5.41, 5.74) is 0.793. The highest BCUT2D eigenvalue weighted by Crippen LogP contribution is 2.20. The SMILES string of the molecule is C#CCNC(=O)NCc1ccc(Cl)cc1Cl. The second-order valence-corrected chi connectivity index (χ2v) is 3.82. The summed E-state index contributed by atoms with van der Waals surface area (Å²) < 4.78 is 0. The largest absolute Gasteiger partial charge is 0.334 e. The monoisotopic (exact) mass is 256 g/mol. The third-order valence-electron chi connectivity index (χ3n) is 1.81. The van der Waals surface area contributed by atoms with E-state index in [0.717, 1.165) is 5.56 Å². The Balaban J connectivity index is 2.49. The first-order chi connectivity index (χ1) is 7.63. The quantitative estimate of drug-likeness (QED) is 0.802. The first kappa shape index (κ1) is 12.7. The number of rotatable bonds is 3. The van der Waals surface area contributed by atoms with Gasteiger partial charge in [-0.1, -0.05) is 35.2 Å². The minimum atomic E-state index is -0.330. The molecule has 0 aliphatic carbocycles. The van der Waals surface area contributed by atoms with Crippen molar-refractivity contribution in [2.24, 2.45) is 0 Å². The van der Waals surface area contributed by atoms with Crippen molar-refractivity contribution in [3.63, 3.8) is 0 Å². The molecule has 0 saturated heterocycles. The number of urea groups is 1. The molecule has 16 heavy (non-hydrogen) atoms. The zero-order chi connectivity index (χ0) is 12.0. The second kappa shape index (κ2) is 6.26. The number of carbonyl (C=O) groups is 1. The van der Waals surface area contributed by atoms with Gasteiger partial charge in [0.05, 0.1) is 6.54 Å². The Morgan fingerprint density at radius 2 is 2.12 bits per heavy atom. The predicted molar refractivity (Wildman–Crippen MR) is 65.5 cm³/mol. The van der Waals surface area contributed by atoms with Crippen molar-refractivity contribution in [1.29, 1.82) is 0 Å². The molecule has 0 saturated carbocycles. The number of hydrogen-bond acceptors (Lipinski definition) is 1. The van der Waals surface area contributed by atoms with E-state index in [1.807, 2.05) is 0 Å². The number of halogens is 2. The van der Waals surface area contributed by atoms with Gasteiger partial charge in [0.15, 0.2) is 0 Å². The molecule has 1 rings (SSSR count). The maximum absolute atomic E-state index is 11.2. The topological polar surface area (TPSA) is 41.1 Å². The highest BCUT2D eigenvalue weighted by Gasteiger charge is 2.03. The third-order valence-corrected chi connectivity index (χ3v) is 2.39. The van der Waals surface area contributed by atoms with Crippen LogP contribution < -0.4 is 10.6 Å². The summed E-state index contributed by atoms with van der Waals surface area (Å²) >= 11 is 11.7. The summed E-state index contributed by atoms with van der Waals surface area (Å²) in [4.78, 5) is 11.2. The van der Waals surface area contributed by atoms with E-state index in [2.05, 4.69) is 16.6 Å². The minimum Gasteiger partial charge on any atom is -0.334 e. The highest BCUT2D eigenvalue weighted by molar-refractivity contribution is 6.35. The lowest BCUT2D eigenvalue weighted by Crippen LogP contribution is -2.35. The lowest BCUT2D eigenvalue weighted by atomic mass is 10.2. The fourth-order valence-electron chi connectivity index (χ4n) is 1.03. The molecule has 0 fully saturated rings. The van der Waals surface area contributed by atoms with Crippen LogP contribution in [-0.2, 0) is 6.54 Å². The van der Waals surface area contributed by atoms with Crippen LogP contribution >= 0.6 is 23.2 Å². The molecule has 84 valence electrons.